The lowest BCUT2D eigenvalue weighted by Crippen LogP contribution is -2.39. The molecular weight excluding hydrogens is 274 g/mol. The third-order valence-electron chi connectivity index (χ3n) is 3.86. The normalized spacial score (nSPS) is 23.6. The van der Waals surface area contributed by atoms with Crippen LogP contribution >= 0.6 is 12.2 Å². The summed E-state index contributed by atoms with van der Waals surface area (Å²) in [6.45, 7) is 7.29. The molecule has 0 aromatic carbocycles. The summed E-state index contributed by atoms with van der Waals surface area (Å²) >= 11 is 5.40. The van der Waals surface area contributed by atoms with Crippen LogP contribution in [0.5, 0.6) is 0 Å². The van der Waals surface area contributed by atoms with Crippen LogP contribution in [0.2, 0.25) is 0 Å². The van der Waals surface area contributed by atoms with E-state index in [-0.39, 0.29) is 6.10 Å². The Bertz CT molecular complexity index is 530. The van der Waals surface area contributed by atoms with Crippen LogP contribution in [0.25, 0.3) is 0 Å². The molecule has 6 heteroatoms. The Morgan fingerprint density at radius 2 is 2.35 bits per heavy atom. The molecule has 3 rings (SSSR count). The van der Waals surface area contributed by atoms with Gasteiger partial charge in [-0.3, -0.25) is 4.90 Å². The number of ether oxygens (including phenoxy) is 2. The first-order chi connectivity index (χ1) is 9.78. The third-order valence-corrected chi connectivity index (χ3v) is 4.20. The van der Waals surface area contributed by atoms with Crippen LogP contribution in [0.15, 0.2) is 0 Å². The van der Waals surface area contributed by atoms with Crippen LogP contribution in [-0.4, -0.2) is 47.7 Å². The van der Waals surface area contributed by atoms with E-state index in [0.717, 1.165) is 57.1 Å². The average molecular weight is 295 g/mol. The molecule has 1 fully saturated rings. The molecule has 3 heterocycles. The second-order valence-electron chi connectivity index (χ2n) is 5.35. The molecular formula is C14H21N3O2S. The molecule has 0 saturated carbocycles. The standard InChI is InChI=1S/C14H21N3O2S/c1-2-4-17-5-7-19-12(8-17)13-15-11-3-6-18-9-10(11)14(20)16-13/h12H,2-9H2,1H3,(H,15,16,20). The summed E-state index contributed by atoms with van der Waals surface area (Å²) in [5.74, 6) is 0.872. The van der Waals surface area contributed by atoms with Gasteiger partial charge in [-0.05, 0) is 13.0 Å². The van der Waals surface area contributed by atoms with Crippen molar-refractivity contribution in [3.05, 3.63) is 21.7 Å². The molecule has 2 aliphatic heterocycles. The minimum atomic E-state index is 0.00476. The van der Waals surface area contributed by atoms with Gasteiger partial charge in [0.1, 0.15) is 16.6 Å². The van der Waals surface area contributed by atoms with Crippen molar-refractivity contribution in [3.63, 3.8) is 0 Å². The number of H-pyrrole nitrogens is 1. The fraction of sp³-hybridized carbons (Fsp3) is 0.714. The molecule has 1 aromatic heterocycles. The summed E-state index contributed by atoms with van der Waals surface area (Å²) in [5, 5.41) is 0. The fourth-order valence-electron chi connectivity index (χ4n) is 2.81. The minimum Gasteiger partial charge on any atom is -0.376 e. The Morgan fingerprint density at radius 1 is 1.45 bits per heavy atom. The number of nitrogens with one attached hydrogen (secondary N) is 1. The van der Waals surface area contributed by atoms with Gasteiger partial charge in [-0.1, -0.05) is 19.1 Å². The van der Waals surface area contributed by atoms with Gasteiger partial charge in [-0.25, -0.2) is 4.98 Å². The number of hydrogen-bond donors (Lipinski definition) is 1. The smallest absolute Gasteiger partial charge is 0.138 e. The van der Waals surface area contributed by atoms with E-state index < -0.39 is 0 Å². The van der Waals surface area contributed by atoms with Crippen molar-refractivity contribution in [2.24, 2.45) is 0 Å². The van der Waals surface area contributed by atoms with Gasteiger partial charge in [-0.2, -0.15) is 0 Å². The maximum atomic E-state index is 5.87. The zero-order valence-electron chi connectivity index (χ0n) is 11.9. The molecule has 1 aromatic rings. The Morgan fingerprint density at radius 3 is 3.20 bits per heavy atom. The van der Waals surface area contributed by atoms with E-state index in [1.807, 2.05) is 0 Å². The second kappa shape index (κ2) is 6.30. The van der Waals surface area contributed by atoms with Crippen molar-refractivity contribution < 1.29 is 9.47 Å². The Hall–Kier alpha value is -0.820. The Balaban J connectivity index is 1.83. The maximum absolute atomic E-state index is 5.87. The molecule has 0 aliphatic carbocycles. The van der Waals surface area contributed by atoms with Gasteiger partial charge in [0.15, 0.2) is 0 Å². The van der Waals surface area contributed by atoms with Gasteiger partial charge in [0.2, 0.25) is 0 Å². The van der Waals surface area contributed by atoms with Gasteiger partial charge in [0, 0.05) is 30.8 Å². The number of fused-ring (bicyclic) bond motifs is 1. The molecule has 1 atom stereocenters. The number of nitrogens with zero attached hydrogens (tertiary/aromatic N) is 2. The van der Waals surface area contributed by atoms with Gasteiger partial charge >= 0.3 is 0 Å². The van der Waals surface area contributed by atoms with Crippen molar-refractivity contribution in [2.45, 2.75) is 32.5 Å². The fourth-order valence-corrected chi connectivity index (χ4v) is 3.09. The minimum absolute atomic E-state index is 0.00476. The molecule has 1 saturated heterocycles. The maximum Gasteiger partial charge on any atom is 0.138 e. The van der Waals surface area contributed by atoms with Crippen molar-refractivity contribution in [2.75, 3.05) is 32.8 Å². The van der Waals surface area contributed by atoms with Crippen LogP contribution in [0, 0.1) is 4.64 Å². The molecule has 0 spiro atoms. The van der Waals surface area contributed by atoms with Crippen molar-refractivity contribution in [3.8, 4) is 0 Å². The van der Waals surface area contributed by atoms with E-state index in [4.69, 9.17) is 21.7 Å². The highest BCUT2D eigenvalue weighted by Crippen LogP contribution is 2.22. The monoisotopic (exact) mass is 295 g/mol. The third kappa shape index (κ3) is 2.93. The summed E-state index contributed by atoms with van der Waals surface area (Å²) in [4.78, 5) is 10.4. The van der Waals surface area contributed by atoms with E-state index in [1.165, 1.54) is 5.69 Å². The lowest BCUT2D eigenvalue weighted by atomic mass is 10.1. The summed E-state index contributed by atoms with van der Waals surface area (Å²) in [6.07, 6.45) is 2.04. The molecule has 20 heavy (non-hydrogen) atoms. The first-order valence-electron chi connectivity index (χ1n) is 7.31. The molecule has 0 amide bonds. The predicted octanol–water partition coefficient (Wildman–Crippen LogP) is 2.00. The van der Waals surface area contributed by atoms with Gasteiger partial charge in [-0.15, -0.1) is 0 Å². The average Bonchev–Trinajstić information content (AvgIpc) is 2.48. The zero-order chi connectivity index (χ0) is 13.9. The summed E-state index contributed by atoms with van der Waals surface area (Å²) in [6, 6.07) is 0. The highest BCUT2D eigenvalue weighted by atomic mass is 32.1. The van der Waals surface area contributed by atoms with E-state index in [2.05, 4.69) is 21.8 Å². The molecule has 0 radical (unpaired) electrons. The number of aromatic nitrogens is 2. The van der Waals surface area contributed by atoms with Crippen LogP contribution in [-0.2, 0) is 22.5 Å². The molecule has 0 bridgehead atoms. The predicted molar refractivity (Wildman–Crippen MR) is 78.2 cm³/mol. The van der Waals surface area contributed by atoms with Crippen LogP contribution in [0.3, 0.4) is 0 Å². The number of hydrogen-bond acceptors (Lipinski definition) is 5. The second-order valence-corrected chi connectivity index (χ2v) is 5.73. The molecule has 110 valence electrons. The lowest BCUT2D eigenvalue weighted by molar-refractivity contribution is -0.0345. The molecule has 1 unspecified atom stereocenters. The van der Waals surface area contributed by atoms with E-state index >= 15 is 0 Å². The highest BCUT2D eigenvalue weighted by Gasteiger charge is 2.25. The van der Waals surface area contributed by atoms with Crippen LogP contribution < -0.4 is 0 Å². The van der Waals surface area contributed by atoms with E-state index in [9.17, 15) is 0 Å². The molecule has 1 N–H and O–H groups in total. The SMILES string of the molecule is CCCN1CCOC(c2nc(=S)c3c([nH]2)CCOC3)C1. The number of rotatable bonds is 3. The summed E-state index contributed by atoms with van der Waals surface area (Å²) < 4.78 is 12.0. The van der Waals surface area contributed by atoms with Gasteiger partial charge in [0.25, 0.3) is 0 Å². The Labute approximate surface area is 124 Å². The molecule has 5 nitrogen and oxygen atoms in total. The largest absolute Gasteiger partial charge is 0.376 e. The van der Waals surface area contributed by atoms with Crippen LogP contribution in [0.1, 0.15) is 36.5 Å². The number of aromatic amines is 1. The topological polar surface area (TPSA) is 50.4 Å². The summed E-state index contributed by atoms with van der Waals surface area (Å²) in [5.41, 5.74) is 2.21. The highest BCUT2D eigenvalue weighted by molar-refractivity contribution is 7.71. The molecule has 2 aliphatic rings. The van der Waals surface area contributed by atoms with Gasteiger partial charge < -0.3 is 14.5 Å². The van der Waals surface area contributed by atoms with Crippen molar-refractivity contribution >= 4 is 12.2 Å². The first-order valence-corrected chi connectivity index (χ1v) is 7.72. The first kappa shape index (κ1) is 14.1. The lowest BCUT2D eigenvalue weighted by Gasteiger charge is -2.32. The van der Waals surface area contributed by atoms with E-state index in [0.29, 0.717) is 11.2 Å². The van der Waals surface area contributed by atoms with E-state index in [1.54, 1.807) is 0 Å². The van der Waals surface area contributed by atoms with Crippen molar-refractivity contribution in [1.29, 1.82) is 0 Å². The van der Waals surface area contributed by atoms with Gasteiger partial charge in [0.05, 0.1) is 19.8 Å². The quantitative estimate of drug-likeness (QED) is 0.864. The van der Waals surface area contributed by atoms with Crippen molar-refractivity contribution in [1.82, 2.24) is 14.9 Å². The van der Waals surface area contributed by atoms with Crippen LogP contribution in [0.4, 0.5) is 0 Å². The number of morpholine rings is 1. The summed E-state index contributed by atoms with van der Waals surface area (Å²) in [7, 11) is 0. The zero-order valence-corrected chi connectivity index (χ0v) is 12.7. The Kier molecular flexibility index (Phi) is 4.45.